The lowest BCUT2D eigenvalue weighted by Crippen LogP contribution is -2.20. The Morgan fingerprint density at radius 1 is 1.09 bits per heavy atom. The van der Waals surface area contributed by atoms with E-state index in [0.717, 1.165) is 23.0 Å². The molecule has 1 aromatic heterocycles. The summed E-state index contributed by atoms with van der Waals surface area (Å²) in [5, 5.41) is 7.69. The molecule has 0 spiro atoms. The SMILES string of the molecule is COc1cccc(C2=C[C@H](c3ccccc3)n3ncnc3N2)c1. The topological polar surface area (TPSA) is 52.0 Å². The third kappa shape index (κ3) is 2.46. The molecule has 0 radical (unpaired) electrons. The molecule has 3 aromatic rings. The van der Waals surface area contributed by atoms with Crippen molar-refractivity contribution in [1.82, 2.24) is 14.8 Å². The normalized spacial score (nSPS) is 16.2. The Kier molecular flexibility index (Phi) is 3.31. The van der Waals surface area contributed by atoms with Crippen LogP contribution >= 0.6 is 0 Å². The lowest BCUT2D eigenvalue weighted by atomic mass is 10.0. The van der Waals surface area contributed by atoms with Gasteiger partial charge < -0.3 is 10.1 Å². The Morgan fingerprint density at radius 3 is 2.78 bits per heavy atom. The Bertz CT molecular complexity index is 854. The van der Waals surface area contributed by atoms with Crippen LogP contribution in [-0.2, 0) is 0 Å². The van der Waals surface area contributed by atoms with Crippen molar-refractivity contribution >= 4 is 11.6 Å². The van der Waals surface area contributed by atoms with Gasteiger partial charge in [0.1, 0.15) is 18.1 Å². The molecule has 2 heterocycles. The number of nitrogens with one attached hydrogen (secondary N) is 1. The third-order valence-corrected chi connectivity index (χ3v) is 3.93. The first-order valence-corrected chi connectivity index (χ1v) is 7.43. The van der Waals surface area contributed by atoms with Crippen LogP contribution in [0.2, 0.25) is 0 Å². The molecular weight excluding hydrogens is 288 g/mol. The number of rotatable bonds is 3. The summed E-state index contributed by atoms with van der Waals surface area (Å²) < 4.78 is 7.21. The fraction of sp³-hybridized carbons (Fsp3) is 0.111. The molecule has 23 heavy (non-hydrogen) atoms. The van der Waals surface area contributed by atoms with Gasteiger partial charge in [-0.3, -0.25) is 0 Å². The van der Waals surface area contributed by atoms with Crippen LogP contribution in [-0.4, -0.2) is 21.9 Å². The zero-order valence-electron chi connectivity index (χ0n) is 12.7. The molecule has 1 aliphatic rings. The monoisotopic (exact) mass is 304 g/mol. The average molecular weight is 304 g/mol. The molecule has 0 aliphatic carbocycles. The highest BCUT2D eigenvalue weighted by molar-refractivity contribution is 5.77. The molecule has 1 aliphatic heterocycles. The van der Waals surface area contributed by atoms with Crippen LogP contribution in [0.15, 0.2) is 67.0 Å². The van der Waals surface area contributed by atoms with Gasteiger partial charge >= 0.3 is 0 Å². The van der Waals surface area contributed by atoms with E-state index in [-0.39, 0.29) is 6.04 Å². The summed E-state index contributed by atoms with van der Waals surface area (Å²) in [5.41, 5.74) is 3.22. The van der Waals surface area contributed by atoms with E-state index < -0.39 is 0 Å². The highest BCUT2D eigenvalue weighted by Gasteiger charge is 2.23. The fourth-order valence-corrected chi connectivity index (χ4v) is 2.78. The molecule has 0 saturated carbocycles. The van der Waals surface area contributed by atoms with Crippen molar-refractivity contribution in [1.29, 1.82) is 0 Å². The number of ether oxygens (including phenoxy) is 1. The maximum atomic E-state index is 5.32. The third-order valence-electron chi connectivity index (χ3n) is 3.93. The quantitative estimate of drug-likeness (QED) is 0.806. The fourth-order valence-electron chi connectivity index (χ4n) is 2.78. The summed E-state index contributed by atoms with van der Waals surface area (Å²) in [6.45, 7) is 0. The lowest BCUT2D eigenvalue weighted by molar-refractivity contribution is 0.414. The Balaban J connectivity index is 1.80. The maximum Gasteiger partial charge on any atom is 0.226 e. The number of fused-ring (bicyclic) bond motifs is 1. The molecular formula is C18H16N4O. The van der Waals surface area contributed by atoms with Crippen LogP contribution in [0.3, 0.4) is 0 Å². The largest absolute Gasteiger partial charge is 0.497 e. The molecule has 0 saturated heterocycles. The minimum atomic E-state index is 0.0103. The first-order chi connectivity index (χ1) is 11.3. The number of benzene rings is 2. The van der Waals surface area contributed by atoms with Gasteiger partial charge in [0.2, 0.25) is 5.95 Å². The Morgan fingerprint density at radius 2 is 1.96 bits per heavy atom. The number of aromatic nitrogens is 3. The summed E-state index contributed by atoms with van der Waals surface area (Å²) in [7, 11) is 1.67. The predicted molar refractivity (Wildman–Crippen MR) is 89.2 cm³/mol. The lowest BCUT2D eigenvalue weighted by Gasteiger charge is -2.24. The second kappa shape index (κ2) is 5.61. The van der Waals surface area contributed by atoms with Gasteiger partial charge in [0.25, 0.3) is 0 Å². The van der Waals surface area contributed by atoms with E-state index in [4.69, 9.17) is 4.74 Å². The summed E-state index contributed by atoms with van der Waals surface area (Å²) in [5.74, 6) is 1.56. The summed E-state index contributed by atoms with van der Waals surface area (Å²) in [6.07, 6.45) is 3.73. The van der Waals surface area contributed by atoms with E-state index in [1.165, 1.54) is 5.56 Å². The number of hydrogen-bond donors (Lipinski definition) is 1. The molecule has 4 rings (SSSR count). The smallest absolute Gasteiger partial charge is 0.226 e. The maximum absolute atomic E-state index is 5.32. The number of anilines is 1. The summed E-state index contributed by atoms with van der Waals surface area (Å²) in [4.78, 5) is 4.32. The Labute approximate surface area is 134 Å². The van der Waals surface area contributed by atoms with Crippen molar-refractivity contribution in [2.75, 3.05) is 12.4 Å². The van der Waals surface area contributed by atoms with Gasteiger partial charge in [-0.05, 0) is 23.8 Å². The Hall–Kier alpha value is -3.08. The molecule has 1 atom stereocenters. The van der Waals surface area contributed by atoms with Crippen molar-refractivity contribution < 1.29 is 4.74 Å². The van der Waals surface area contributed by atoms with Crippen LogP contribution in [0.5, 0.6) is 5.75 Å². The summed E-state index contributed by atoms with van der Waals surface area (Å²) in [6, 6.07) is 18.3. The van der Waals surface area contributed by atoms with E-state index >= 15 is 0 Å². The van der Waals surface area contributed by atoms with Gasteiger partial charge in [-0.2, -0.15) is 10.1 Å². The second-order valence-electron chi connectivity index (χ2n) is 5.32. The molecule has 5 nitrogen and oxygen atoms in total. The van der Waals surface area contributed by atoms with Gasteiger partial charge in [-0.25, -0.2) is 4.68 Å². The number of allylic oxidation sites excluding steroid dienone is 1. The van der Waals surface area contributed by atoms with Crippen LogP contribution < -0.4 is 10.1 Å². The van der Waals surface area contributed by atoms with Crippen molar-refractivity contribution in [3.63, 3.8) is 0 Å². The van der Waals surface area contributed by atoms with Crippen LogP contribution in [0.25, 0.3) is 5.70 Å². The molecule has 0 unspecified atom stereocenters. The van der Waals surface area contributed by atoms with Crippen molar-refractivity contribution in [3.05, 3.63) is 78.1 Å². The van der Waals surface area contributed by atoms with Crippen LogP contribution in [0.4, 0.5) is 5.95 Å². The van der Waals surface area contributed by atoms with Gasteiger partial charge in [-0.15, -0.1) is 0 Å². The van der Waals surface area contributed by atoms with E-state index in [0.29, 0.717) is 0 Å². The van der Waals surface area contributed by atoms with Gasteiger partial charge in [0.15, 0.2) is 0 Å². The molecule has 114 valence electrons. The minimum Gasteiger partial charge on any atom is -0.497 e. The van der Waals surface area contributed by atoms with Crippen molar-refractivity contribution in [2.45, 2.75) is 6.04 Å². The zero-order chi connectivity index (χ0) is 15.6. The molecule has 2 aromatic carbocycles. The molecule has 0 amide bonds. The first-order valence-electron chi connectivity index (χ1n) is 7.43. The highest BCUT2D eigenvalue weighted by Crippen LogP contribution is 2.32. The number of methoxy groups -OCH3 is 1. The molecule has 1 N–H and O–H groups in total. The molecule has 5 heteroatoms. The van der Waals surface area contributed by atoms with E-state index in [1.807, 2.05) is 41.1 Å². The molecule has 0 bridgehead atoms. The average Bonchev–Trinajstić information content (AvgIpc) is 3.10. The number of hydrogen-bond acceptors (Lipinski definition) is 4. The van der Waals surface area contributed by atoms with Crippen molar-refractivity contribution in [2.24, 2.45) is 0 Å². The van der Waals surface area contributed by atoms with Crippen LogP contribution in [0, 0.1) is 0 Å². The van der Waals surface area contributed by atoms with Crippen molar-refractivity contribution in [3.8, 4) is 5.75 Å². The first kappa shape index (κ1) is 13.6. The van der Waals surface area contributed by atoms with E-state index in [1.54, 1.807) is 13.4 Å². The van der Waals surface area contributed by atoms with Gasteiger partial charge in [-0.1, -0.05) is 42.5 Å². The van der Waals surface area contributed by atoms with E-state index in [2.05, 4.69) is 39.7 Å². The highest BCUT2D eigenvalue weighted by atomic mass is 16.5. The van der Waals surface area contributed by atoms with Crippen LogP contribution in [0.1, 0.15) is 17.2 Å². The van der Waals surface area contributed by atoms with Gasteiger partial charge in [0, 0.05) is 11.3 Å². The predicted octanol–water partition coefficient (Wildman–Crippen LogP) is 3.34. The zero-order valence-corrected chi connectivity index (χ0v) is 12.7. The van der Waals surface area contributed by atoms with Gasteiger partial charge in [0.05, 0.1) is 7.11 Å². The summed E-state index contributed by atoms with van der Waals surface area (Å²) >= 11 is 0. The standard InChI is InChI=1S/C18H16N4O/c1-23-15-9-5-8-14(10-15)16-11-17(13-6-3-2-4-7-13)22-18(21-16)19-12-20-22/h2-12,17H,1H3,(H,19,20,21)/t17-/m1/s1. The minimum absolute atomic E-state index is 0.0103. The number of nitrogens with zero attached hydrogens (tertiary/aromatic N) is 3. The molecule has 0 fully saturated rings. The van der Waals surface area contributed by atoms with E-state index in [9.17, 15) is 0 Å². The second-order valence-corrected chi connectivity index (χ2v) is 5.32.